The van der Waals surface area contributed by atoms with Gasteiger partial charge in [-0.2, -0.15) is 0 Å². The maximum atomic E-state index is 10.5. The van der Waals surface area contributed by atoms with Crippen LogP contribution >= 0.6 is 11.8 Å². The number of nitrogens with zero attached hydrogens (tertiary/aromatic N) is 2. The summed E-state index contributed by atoms with van der Waals surface area (Å²) in [5.41, 5.74) is 4.94. The molecule has 17 heavy (non-hydrogen) atoms. The molecule has 0 bridgehead atoms. The summed E-state index contributed by atoms with van der Waals surface area (Å²) in [5, 5.41) is 8.56. The first-order valence-corrected chi connectivity index (χ1v) is 6.63. The average Bonchev–Trinajstić information content (AvgIpc) is 2.64. The van der Waals surface area contributed by atoms with Gasteiger partial charge in [0.15, 0.2) is 0 Å². The fourth-order valence-electron chi connectivity index (χ4n) is 1.13. The molecule has 1 aromatic heterocycles. The molecule has 0 aliphatic carbocycles. The second-order valence-electron chi connectivity index (χ2n) is 4.90. The summed E-state index contributed by atoms with van der Waals surface area (Å²) >= 11 is 1.52. The standard InChI is InChI=1S/C11H19N3O2S/c1-11(2,3)9-13-14-10(16-9)17-7-5-4-6-8(12)15/h4-7H2,1-3H3,(H2,12,15). The zero-order valence-electron chi connectivity index (χ0n) is 10.5. The predicted octanol–water partition coefficient (Wildman–Crippen LogP) is 2.11. The molecule has 0 saturated carbocycles. The van der Waals surface area contributed by atoms with Crippen molar-refractivity contribution < 1.29 is 9.21 Å². The van der Waals surface area contributed by atoms with Crippen molar-refractivity contribution in [3.05, 3.63) is 5.89 Å². The van der Waals surface area contributed by atoms with Crippen molar-refractivity contribution in [1.82, 2.24) is 10.2 Å². The van der Waals surface area contributed by atoms with Crippen LogP contribution in [0.25, 0.3) is 0 Å². The second kappa shape index (κ2) is 6.05. The van der Waals surface area contributed by atoms with Gasteiger partial charge in [-0.05, 0) is 12.8 Å². The van der Waals surface area contributed by atoms with Gasteiger partial charge in [0, 0.05) is 17.6 Å². The molecule has 0 saturated heterocycles. The van der Waals surface area contributed by atoms with Crippen molar-refractivity contribution in [2.24, 2.45) is 5.73 Å². The first-order chi connectivity index (χ1) is 7.89. The van der Waals surface area contributed by atoms with E-state index in [-0.39, 0.29) is 11.3 Å². The number of rotatable bonds is 6. The Bertz CT molecular complexity index is 371. The fourth-order valence-corrected chi connectivity index (χ4v) is 1.89. The van der Waals surface area contributed by atoms with Gasteiger partial charge >= 0.3 is 0 Å². The van der Waals surface area contributed by atoms with Crippen LogP contribution in [0, 0.1) is 0 Å². The van der Waals surface area contributed by atoms with E-state index in [0.29, 0.717) is 17.5 Å². The third-order valence-electron chi connectivity index (χ3n) is 2.09. The number of carbonyl (C=O) groups is 1. The van der Waals surface area contributed by atoms with E-state index in [2.05, 4.69) is 10.2 Å². The minimum atomic E-state index is -0.247. The van der Waals surface area contributed by atoms with Crippen LogP contribution in [0.1, 0.15) is 45.9 Å². The lowest BCUT2D eigenvalue weighted by atomic mass is 9.97. The van der Waals surface area contributed by atoms with Gasteiger partial charge in [-0.1, -0.05) is 32.5 Å². The minimum absolute atomic E-state index is 0.113. The summed E-state index contributed by atoms with van der Waals surface area (Å²) in [7, 11) is 0. The molecule has 0 radical (unpaired) electrons. The van der Waals surface area contributed by atoms with Crippen LogP contribution in [0.15, 0.2) is 9.64 Å². The van der Waals surface area contributed by atoms with Gasteiger partial charge < -0.3 is 10.2 Å². The van der Waals surface area contributed by atoms with Gasteiger partial charge in [0.2, 0.25) is 11.8 Å². The van der Waals surface area contributed by atoms with Gasteiger partial charge in [0.25, 0.3) is 5.22 Å². The van der Waals surface area contributed by atoms with E-state index in [1.165, 1.54) is 11.8 Å². The van der Waals surface area contributed by atoms with Crippen molar-refractivity contribution in [3.8, 4) is 0 Å². The van der Waals surface area contributed by atoms with Crippen molar-refractivity contribution in [2.75, 3.05) is 5.75 Å². The van der Waals surface area contributed by atoms with Crippen LogP contribution in [-0.2, 0) is 10.2 Å². The number of nitrogens with two attached hydrogens (primary N) is 1. The minimum Gasteiger partial charge on any atom is -0.415 e. The molecular formula is C11H19N3O2S. The molecule has 0 spiro atoms. The van der Waals surface area contributed by atoms with Gasteiger partial charge in [0.1, 0.15) is 0 Å². The van der Waals surface area contributed by atoms with Crippen LogP contribution < -0.4 is 5.73 Å². The highest BCUT2D eigenvalue weighted by molar-refractivity contribution is 7.99. The normalized spacial score (nSPS) is 11.7. The monoisotopic (exact) mass is 257 g/mol. The van der Waals surface area contributed by atoms with Crippen molar-refractivity contribution in [2.45, 2.75) is 50.7 Å². The zero-order valence-corrected chi connectivity index (χ0v) is 11.3. The van der Waals surface area contributed by atoms with Crippen molar-refractivity contribution >= 4 is 17.7 Å². The van der Waals surface area contributed by atoms with Gasteiger partial charge in [-0.15, -0.1) is 10.2 Å². The predicted molar refractivity (Wildman–Crippen MR) is 66.8 cm³/mol. The first kappa shape index (κ1) is 14.0. The molecule has 0 unspecified atom stereocenters. The van der Waals surface area contributed by atoms with Crippen LogP contribution in [-0.4, -0.2) is 21.9 Å². The Hall–Kier alpha value is -1.04. The quantitative estimate of drug-likeness (QED) is 0.623. The number of aromatic nitrogens is 2. The molecule has 0 atom stereocenters. The number of hydrogen-bond acceptors (Lipinski definition) is 5. The highest BCUT2D eigenvalue weighted by Gasteiger charge is 2.21. The summed E-state index contributed by atoms with van der Waals surface area (Å²) in [4.78, 5) is 10.5. The summed E-state index contributed by atoms with van der Waals surface area (Å²) in [6.45, 7) is 6.09. The van der Waals surface area contributed by atoms with E-state index >= 15 is 0 Å². The summed E-state index contributed by atoms with van der Waals surface area (Å²) in [5.74, 6) is 1.26. The largest absolute Gasteiger partial charge is 0.415 e. The second-order valence-corrected chi connectivity index (χ2v) is 5.94. The van der Waals surface area contributed by atoms with Crippen LogP contribution in [0.5, 0.6) is 0 Å². The molecule has 96 valence electrons. The van der Waals surface area contributed by atoms with E-state index in [9.17, 15) is 4.79 Å². The topological polar surface area (TPSA) is 82.0 Å². The summed E-state index contributed by atoms with van der Waals surface area (Å²) in [6, 6.07) is 0. The van der Waals surface area contributed by atoms with Gasteiger partial charge in [0.05, 0.1) is 0 Å². The van der Waals surface area contributed by atoms with Gasteiger partial charge in [-0.25, -0.2) is 0 Å². The van der Waals surface area contributed by atoms with Gasteiger partial charge in [-0.3, -0.25) is 4.79 Å². The first-order valence-electron chi connectivity index (χ1n) is 5.64. The molecule has 6 heteroatoms. The molecule has 0 aromatic carbocycles. The highest BCUT2D eigenvalue weighted by Crippen LogP contribution is 2.25. The molecule has 1 aromatic rings. The molecule has 0 aliphatic heterocycles. The molecule has 1 rings (SSSR count). The third-order valence-corrected chi connectivity index (χ3v) is 3.00. The number of primary amides is 1. The fraction of sp³-hybridized carbons (Fsp3) is 0.727. The lowest BCUT2D eigenvalue weighted by molar-refractivity contribution is -0.118. The van der Waals surface area contributed by atoms with Crippen LogP contribution in [0.4, 0.5) is 0 Å². The van der Waals surface area contributed by atoms with Crippen molar-refractivity contribution in [1.29, 1.82) is 0 Å². The van der Waals surface area contributed by atoms with Crippen LogP contribution in [0.2, 0.25) is 0 Å². The highest BCUT2D eigenvalue weighted by atomic mass is 32.2. The Morgan fingerprint density at radius 1 is 1.35 bits per heavy atom. The van der Waals surface area contributed by atoms with E-state index in [0.717, 1.165) is 18.6 Å². The molecule has 0 fully saturated rings. The lowest BCUT2D eigenvalue weighted by Crippen LogP contribution is -2.11. The van der Waals surface area contributed by atoms with E-state index < -0.39 is 0 Å². The average molecular weight is 257 g/mol. The van der Waals surface area contributed by atoms with E-state index in [4.69, 9.17) is 10.2 Å². The maximum absolute atomic E-state index is 10.5. The Labute approximate surface area is 106 Å². The lowest BCUT2D eigenvalue weighted by Gasteiger charge is -2.10. The smallest absolute Gasteiger partial charge is 0.276 e. The van der Waals surface area contributed by atoms with E-state index in [1.807, 2.05) is 20.8 Å². The molecule has 1 heterocycles. The third kappa shape index (κ3) is 5.21. The van der Waals surface area contributed by atoms with Crippen molar-refractivity contribution in [3.63, 3.8) is 0 Å². The maximum Gasteiger partial charge on any atom is 0.276 e. The summed E-state index contributed by atoms with van der Waals surface area (Å²) < 4.78 is 5.52. The number of carbonyl (C=O) groups excluding carboxylic acids is 1. The molecule has 2 N–H and O–H groups in total. The number of thioether (sulfide) groups is 1. The summed E-state index contributed by atoms with van der Waals surface area (Å²) in [6.07, 6.45) is 2.17. The SMILES string of the molecule is CC(C)(C)c1nnc(SCCCCC(N)=O)o1. The Balaban J connectivity index is 2.28. The van der Waals surface area contributed by atoms with E-state index in [1.54, 1.807) is 0 Å². The Morgan fingerprint density at radius 3 is 2.59 bits per heavy atom. The number of amides is 1. The number of hydrogen-bond donors (Lipinski definition) is 1. The molecular weight excluding hydrogens is 238 g/mol. The zero-order chi connectivity index (χ0) is 12.9. The van der Waals surface area contributed by atoms with Crippen LogP contribution in [0.3, 0.4) is 0 Å². The Morgan fingerprint density at radius 2 is 2.06 bits per heavy atom. The number of unbranched alkanes of at least 4 members (excludes halogenated alkanes) is 1. The Kier molecular flexibility index (Phi) is 4.99. The molecule has 5 nitrogen and oxygen atoms in total. The molecule has 0 aliphatic rings. The molecule has 1 amide bonds.